The SMILES string of the molecule is CC(Sc1nnc(CN2CCCC2)n1Cc1ccccc1)C(=O)Nc1cccc(Cl)c1Cl. The molecule has 0 aliphatic carbocycles. The molecule has 2 aromatic carbocycles. The summed E-state index contributed by atoms with van der Waals surface area (Å²) in [6.45, 7) is 5.44. The third-order valence-corrected chi connectivity index (χ3v) is 7.30. The van der Waals surface area contributed by atoms with Crippen LogP contribution in [0.3, 0.4) is 0 Å². The van der Waals surface area contributed by atoms with Gasteiger partial charge in [-0.2, -0.15) is 0 Å². The second-order valence-electron chi connectivity index (χ2n) is 7.80. The molecule has 6 nitrogen and oxygen atoms in total. The van der Waals surface area contributed by atoms with Gasteiger partial charge in [0.25, 0.3) is 0 Å². The fourth-order valence-corrected chi connectivity index (χ4v) is 4.85. The monoisotopic (exact) mass is 489 g/mol. The summed E-state index contributed by atoms with van der Waals surface area (Å²) < 4.78 is 2.12. The van der Waals surface area contributed by atoms with Crippen LogP contribution in [-0.4, -0.2) is 43.9 Å². The highest BCUT2D eigenvalue weighted by Crippen LogP contribution is 2.31. The summed E-state index contributed by atoms with van der Waals surface area (Å²) in [5.41, 5.74) is 1.66. The van der Waals surface area contributed by atoms with Gasteiger partial charge in [-0.1, -0.05) is 71.4 Å². The predicted molar refractivity (Wildman–Crippen MR) is 130 cm³/mol. The fourth-order valence-electron chi connectivity index (χ4n) is 3.63. The molecule has 4 rings (SSSR count). The Morgan fingerprint density at radius 1 is 1.06 bits per heavy atom. The van der Waals surface area contributed by atoms with E-state index >= 15 is 0 Å². The van der Waals surface area contributed by atoms with Crippen molar-refractivity contribution in [2.75, 3.05) is 18.4 Å². The van der Waals surface area contributed by atoms with Crippen LogP contribution in [0, 0.1) is 0 Å². The summed E-state index contributed by atoms with van der Waals surface area (Å²) in [5, 5.41) is 12.8. The van der Waals surface area contributed by atoms with E-state index in [0.29, 0.717) is 22.3 Å². The van der Waals surface area contributed by atoms with Gasteiger partial charge in [-0.3, -0.25) is 9.69 Å². The number of nitrogens with one attached hydrogen (secondary N) is 1. The number of thioether (sulfide) groups is 1. The molecule has 1 aliphatic rings. The lowest BCUT2D eigenvalue weighted by molar-refractivity contribution is -0.115. The maximum absolute atomic E-state index is 12.8. The van der Waals surface area contributed by atoms with Crippen molar-refractivity contribution in [1.82, 2.24) is 19.7 Å². The lowest BCUT2D eigenvalue weighted by atomic mass is 10.2. The first-order valence-corrected chi connectivity index (χ1v) is 12.2. The van der Waals surface area contributed by atoms with Crippen LogP contribution in [0.4, 0.5) is 5.69 Å². The zero-order valence-corrected chi connectivity index (χ0v) is 20.1. The molecular weight excluding hydrogens is 465 g/mol. The minimum absolute atomic E-state index is 0.172. The normalized spacial score (nSPS) is 15.1. The van der Waals surface area contributed by atoms with E-state index in [4.69, 9.17) is 23.2 Å². The first-order chi connectivity index (χ1) is 15.5. The van der Waals surface area contributed by atoms with E-state index < -0.39 is 5.25 Å². The third-order valence-electron chi connectivity index (χ3n) is 5.40. The van der Waals surface area contributed by atoms with Gasteiger partial charge in [-0.25, -0.2) is 0 Å². The van der Waals surface area contributed by atoms with Crippen molar-refractivity contribution in [3.63, 3.8) is 0 Å². The highest BCUT2D eigenvalue weighted by atomic mass is 35.5. The first-order valence-electron chi connectivity index (χ1n) is 10.6. The Bertz CT molecular complexity index is 1070. The van der Waals surface area contributed by atoms with E-state index in [2.05, 4.69) is 37.1 Å². The molecule has 1 saturated heterocycles. The van der Waals surface area contributed by atoms with Crippen LogP contribution < -0.4 is 5.32 Å². The molecule has 3 aromatic rings. The summed E-state index contributed by atoms with van der Waals surface area (Å²) in [5.74, 6) is 0.748. The maximum atomic E-state index is 12.8. The lowest BCUT2D eigenvalue weighted by Crippen LogP contribution is -2.24. The summed E-state index contributed by atoms with van der Waals surface area (Å²) in [4.78, 5) is 15.2. The molecule has 1 N–H and O–H groups in total. The van der Waals surface area contributed by atoms with Crippen LogP contribution in [0.1, 0.15) is 31.2 Å². The number of hydrogen-bond acceptors (Lipinski definition) is 5. The zero-order chi connectivity index (χ0) is 22.5. The molecular formula is C23H25Cl2N5OS. The first kappa shape index (κ1) is 23.1. The molecule has 1 amide bonds. The molecule has 168 valence electrons. The van der Waals surface area contributed by atoms with Crippen LogP contribution in [0.2, 0.25) is 10.0 Å². The van der Waals surface area contributed by atoms with Gasteiger partial charge in [0.1, 0.15) is 5.82 Å². The molecule has 1 unspecified atom stereocenters. The van der Waals surface area contributed by atoms with Gasteiger partial charge in [-0.05, 0) is 50.6 Å². The second-order valence-corrected chi connectivity index (χ2v) is 9.90. The lowest BCUT2D eigenvalue weighted by Gasteiger charge is -2.17. The Morgan fingerprint density at radius 3 is 2.56 bits per heavy atom. The minimum Gasteiger partial charge on any atom is -0.324 e. The van der Waals surface area contributed by atoms with Crippen molar-refractivity contribution < 1.29 is 4.79 Å². The average molecular weight is 490 g/mol. The predicted octanol–water partition coefficient (Wildman–Crippen LogP) is 5.35. The number of anilines is 1. The van der Waals surface area contributed by atoms with Gasteiger partial charge in [0, 0.05) is 0 Å². The molecule has 1 fully saturated rings. The Morgan fingerprint density at radius 2 is 1.81 bits per heavy atom. The van der Waals surface area contributed by atoms with Crippen molar-refractivity contribution in [2.24, 2.45) is 0 Å². The van der Waals surface area contributed by atoms with Crippen molar-refractivity contribution >= 4 is 46.6 Å². The van der Waals surface area contributed by atoms with Crippen LogP contribution >= 0.6 is 35.0 Å². The van der Waals surface area contributed by atoms with Crippen molar-refractivity contribution in [3.05, 3.63) is 70.0 Å². The number of halogens is 2. The van der Waals surface area contributed by atoms with Crippen molar-refractivity contribution in [1.29, 1.82) is 0 Å². The van der Waals surface area contributed by atoms with Crippen molar-refractivity contribution in [3.8, 4) is 0 Å². The van der Waals surface area contributed by atoms with Crippen LogP contribution in [0.25, 0.3) is 0 Å². The number of rotatable bonds is 8. The Balaban J connectivity index is 1.51. The van der Waals surface area contributed by atoms with E-state index in [1.54, 1.807) is 18.2 Å². The quantitative estimate of drug-likeness (QED) is 0.432. The fraction of sp³-hybridized carbons (Fsp3) is 0.348. The Kier molecular flexibility index (Phi) is 7.73. The Hall–Kier alpha value is -2.06. The Labute approximate surface area is 202 Å². The highest BCUT2D eigenvalue weighted by molar-refractivity contribution is 8.00. The summed E-state index contributed by atoms with van der Waals surface area (Å²) in [6, 6.07) is 15.4. The van der Waals surface area contributed by atoms with Gasteiger partial charge in [0.2, 0.25) is 5.91 Å². The van der Waals surface area contributed by atoms with Gasteiger partial charge in [-0.15, -0.1) is 10.2 Å². The van der Waals surface area contributed by atoms with E-state index in [1.165, 1.54) is 30.2 Å². The molecule has 1 aromatic heterocycles. The summed E-state index contributed by atoms with van der Waals surface area (Å²) in [6.07, 6.45) is 2.44. The smallest absolute Gasteiger partial charge is 0.237 e. The van der Waals surface area contributed by atoms with E-state index in [0.717, 1.165) is 30.6 Å². The molecule has 0 radical (unpaired) electrons. The third kappa shape index (κ3) is 5.64. The molecule has 0 bridgehead atoms. The topological polar surface area (TPSA) is 63.1 Å². The zero-order valence-electron chi connectivity index (χ0n) is 17.8. The molecule has 1 atom stereocenters. The number of carbonyl (C=O) groups is 1. The summed E-state index contributed by atoms with van der Waals surface area (Å²) in [7, 11) is 0. The molecule has 0 saturated carbocycles. The van der Waals surface area contributed by atoms with Crippen LogP contribution in [-0.2, 0) is 17.9 Å². The summed E-state index contributed by atoms with van der Waals surface area (Å²) >= 11 is 13.7. The molecule has 1 aliphatic heterocycles. The van der Waals surface area contributed by atoms with Crippen molar-refractivity contribution in [2.45, 2.75) is 43.3 Å². The number of nitrogens with zero attached hydrogens (tertiary/aromatic N) is 4. The average Bonchev–Trinajstić information content (AvgIpc) is 3.43. The van der Waals surface area contributed by atoms with Gasteiger partial charge < -0.3 is 9.88 Å². The molecule has 0 spiro atoms. The molecule has 2 heterocycles. The number of amides is 1. The standard InChI is InChI=1S/C23H25Cl2N5OS/c1-16(22(31)26-19-11-7-10-18(24)21(19)25)32-23-28-27-20(15-29-12-5-6-13-29)30(23)14-17-8-3-2-4-9-17/h2-4,7-11,16H,5-6,12-15H2,1H3,(H,26,31). The van der Waals surface area contributed by atoms with Crippen LogP contribution in [0.5, 0.6) is 0 Å². The van der Waals surface area contributed by atoms with E-state index in [9.17, 15) is 4.79 Å². The number of hydrogen-bond donors (Lipinski definition) is 1. The number of aromatic nitrogens is 3. The van der Waals surface area contributed by atoms with Gasteiger partial charge in [0.15, 0.2) is 5.16 Å². The van der Waals surface area contributed by atoms with Gasteiger partial charge in [0.05, 0.1) is 34.1 Å². The largest absolute Gasteiger partial charge is 0.324 e. The molecule has 32 heavy (non-hydrogen) atoms. The van der Waals surface area contributed by atoms with Gasteiger partial charge >= 0.3 is 0 Å². The maximum Gasteiger partial charge on any atom is 0.237 e. The van der Waals surface area contributed by atoms with E-state index in [1.807, 2.05) is 25.1 Å². The minimum atomic E-state index is -0.400. The van der Waals surface area contributed by atoms with E-state index in [-0.39, 0.29) is 5.91 Å². The van der Waals surface area contributed by atoms with Crippen LogP contribution in [0.15, 0.2) is 53.7 Å². The number of carbonyl (C=O) groups excluding carboxylic acids is 1. The highest BCUT2D eigenvalue weighted by Gasteiger charge is 2.23. The second kappa shape index (κ2) is 10.7. The molecule has 9 heteroatoms. The number of likely N-dealkylation sites (tertiary alicyclic amines) is 1. The number of benzene rings is 2.